The van der Waals surface area contributed by atoms with Crippen molar-refractivity contribution in [2.24, 2.45) is 0 Å². The maximum atomic E-state index is 12.9. The molecule has 98 valence electrons. The second-order valence-electron chi connectivity index (χ2n) is 3.90. The maximum absolute atomic E-state index is 12.9. The molecular formula is C14H11F2NO2. The molecule has 2 rings (SSSR count). The fourth-order valence-corrected chi connectivity index (χ4v) is 1.46. The molecule has 1 N–H and O–H groups in total. The van der Waals surface area contributed by atoms with Crippen LogP contribution in [0.3, 0.4) is 0 Å². The number of nitrogens with one attached hydrogen (secondary N) is 1. The highest BCUT2D eigenvalue weighted by molar-refractivity contribution is 6.01. The van der Waals surface area contributed by atoms with Crippen LogP contribution in [0.5, 0.6) is 0 Å². The largest absolute Gasteiger partial charge is 0.462 e. The van der Waals surface area contributed by atoms with E-state index in [1.54, 1.807) is 19.1 Å². The van der Waals surface area contributed by atoms with Crippen LogP contribution in [-0.4, -0.2) is 5.91 Å². The lowest BCUT2D eigenvalue weighted by molar-refractivity contribution is -0.111. The molecule has 0 aliphatic carbocycles. The minimum absolute atomic E-state index is 0.184. The van der Waals surface area contributed by atoms with Gasteiger partial charge in [-0.25, -0.2) is 8.78 Å². The molecule has 0 radical (unpaired) electrons. The minimum Gasteiger partial charge on any atom is -0.462 e. The number of benzene rings is 1. The molecule has 0 saturated carbocycles. The third kappa shape index (κ3) is 3.51. The first-order valence-electron chi connectivity index (χ1n) is 5.55. The minimum atomic E-state index is -1.01. The van der Waals surface area contributed by atoms with Crippen LogP contribution in [0.2, 0.25) is 0 Å². The molecule has 1 aromatic carbocycles. The molecule has 1 aromatic heterocycles. The normalized spacial score (nSPS) is 10.9. The molecular weight excluding hydrogens is 252 g/mol. The zero-order chi connectivity index (χ0) is 13.8. The van der Waals surface area contributed by atoms with Crippen molar-refractivity contribution < 1.29 is 18.0 Å². The predicted molar refractivity (Wildman–Crippen MR) is 67.5 cm³/mol. The molecule has 2 aromatic rings. The summed E-state index contributed by atoms with van der Waals surface area (Å²) in [7, 11) is 0. The zero-order valence-corrected chi connectivity index (χ0v) is 10.1. The molecule has 1 amide bonds. The fraction of sp³-hybridized carbons (Fsp3) is 0.0714. The van der Waals surface area contributed by atoms with Gasteiger partial charge in [-0.1, -0.05) is 0 Å². The molecule has 0 saturated heterocycles. The molecule has 0 atom stereocenters. The Morgan fingerprint density at radius 2 is 2.00 bits per heavy atom. The Morgan fingerprint density at radius 3 is 2.63 bits per heavy atom. The van der Waals surface area contributed by atoms with Crippen molar-refractivity contribution in [2.75, 3.05) is 5.32 Å². The number of carbonyl (C=O) groups excluding carboxylic acids is 1. The summed E-state index contributed by atoms with van der Waals surface area (Å²) in [4.78, 5) is 11.5. The van der Waals surface area contributed by atoms with Gasteiger partial charge >= 0.3 is 0 Å². The average molecular weight is 263 g/mol. The van der Waals surface area contributed by atoms with Gasteiger partial charge in [0, 0.05) is 17.8 Å². The third-order valence-electron chi connectivity index (χ3n) is 2.35. The van der Waals surface area contributed by atoms with Crippen LogP contribution in [0.25, 0.3) is 6.08 Å². The second-order valence-corrected chi connectivity index (χ2v) is 3.90. The van der Waals surface area contributed by atoms with Gasteiger partial charge in [-0.15, -0.1) is 0 Å². The number of furan rings is 1. The van der Waals surface area contributed by atoms with Crippen LogP contribution in [-0.2, 0) is 4.79 Å². The SMILES string of the molecule is Cc1ccc(C=CC(=O)Nc2ccc(F)c(F)c2)o1. The van der Waals surface area contributed by atoms with Crippen molar-refractivity contribution in [3.05, 3.63) is 59.6 Å². The summed E-state index contributed by atoms with van der Waals surface area (Å²) in [6.45, 7) is 1.79. The van der Waals surface area contributed by atoms with Crippen LogP contribution in [0.4, 0.5) is 14.5 Å². The number of hydrogen-bond acceptors (Lipinski definition) is 2. The van der Waals surface area contributed by atoms with E-state index in [1.165, 1.54) is 18.2 Å². The molecule has 0 aliphatic heterocycles. The van der Waals surface area contributed by atoms with Gasteiger partial charge in [0.05, 0.1) is 0 Å². The highest BCUT2D eigenvalue weighted by Gasteiger charge is 2.04. The quantitative estimate of drug-likeness (QED) is 0.861. The monoisotopic (exact) mass is 263 g/mol. The van der Waals surface area contributed by atoms with Gasteiger partial charge in [-0.05, 0) is 37.3 Å². The average Bonchev–Trinajstić information content (AvgIpc) is 2.77. The first-order chi connectivity index (χ1) is 9.04. The second kappa shape index (κ2) is 5.48. The molecule has 5 heteroatoms. The Balaban J connectivity index is 2.01. The number of halogens is 2. The van der Waals surface area contributed by atoms with Gasteiger partial charge in [0.2, 0.25) is 5.91 Å². The summed E-state index contributed by atoms with van der Waals surface area (Å²) in [6.07, 6.45) is 2.74. The molecule has 3 nitrogen and oxygen atoms in total. The van der Waals surface area contributed by atoms with Gasteiger partial charge in [-0.3, -0.25) is 4.79 Å². The standard InChI is InChI=1S/C14H11F2NO2/c1-9-2-4-11(19-9)5-7-14(18)17-10-3-6-12(15)13(16)8-10/h2-8H,1H3,(H,17,18). The Hall–Kier alpha value is -2.43. The molecule has 0 unspecified atom stereocenters. The van der Waals surface area contributed by atoms with Crippen molar-refractivity contribution in [3.63, 3.8) is 0 Å². The predicted octanol–water partition coefficient (Wildman–Crippen LogP) is 3.52. The Morgan fingerprint density at radius 1 is 1.21 bits per heavy atom. The van der Waals surface area contributed by atoms with Crippen LogP contribution in [0, 0.1) is 18.6 Å². The Kier molecular flexibility index (Phi) is 3.75. The Bertz CT molecular complexity index is 632. The molecule has 0 spiro atoms. The van der Waals surface area contributed by atoms with Crippen molar-refractivity contribution >= 4 is 17.7 Å². The highest BCUT2D eigenvalue weighted by atomic mass is 19.2. The van der Waals surface area contributed by atoms with Gasteiger partial charge < -0.3 is 9.73 Å². The zero-order valence-electron chi connectivity index (χ0n) is 10.1. The van der Waals surface area contributed by atoms with E-state index in [0.29, 0.717) is 5.76 Å². The number of anilines is 1. The maximum Gasteiger partial charge on any atom is 0.248 e. The third-order valence-corrected chi connectivity index (χ3v) is 2.35. The van der Waals surface area contributed by atoms with E-state index < -0.39 is 17.5 Å². The lowest BCUT2D eigenvalue weighted by Crippen LogP contribution is -2.08. The van der Waals surface area contributed by atoms with Crippen LogP contribution >= 0.6 is 0 Å². The van der Waals surface area contributed by atoms with Gasteiger partial charge in [0.15, 0.2) is 11.6 Å². The molecule has 1 heterocycles. The van der Waals surface area contributed by atoms with E-state index in [0.717, 1.165) is 17.9 Å². The number of aryl methyl sites for hydroxylation is 1. The Labute approximate surface area is 108 Å². The molecule has 0 fully saturated rings. The first kappa shape index (κ1) is 13.0. The van der Waals surface area contributed by atoms with Gasteiger partial charge in [0.25, 0.3) is 0 Å². The molecule has 0 bridgehead atoms. The van der Waals surface area contributed by atoms with Crippen molar-refractivity contribution in [1.82, 2.24) is 0 Å². The van der Waals surface area contributed by atoms with Crippen molar-refractivity contribution in [2.45, 2.75) is 6.92 Å². The molecule has 0 aliphatic rings. The fourth-order valence-electron chi connectivity index (χ4n) is 1.46. The smallest absolute Gasteiger partial charge is 0.248 e. The van der Waals surface area contributed by atoms with Crippen molar-refractivity contribution in [1.29, 1.82) is 0 Å². The number of carbonyl (C=O) groups is 1. The topological polar surface area (TPSA) is 42.2 Å². The van der Waals surface area contributed by atoms with E-state index in [1.807, 2.05) is 0 Å². The highest BCUT2D eigenvalue weighted by Crippen LogP contribution is 2.13. The van der Waals surface area contributed by atoms with E-state index in [-0.39, 0.29) is 5.69 Å². The summed E-state index contributed by atoms with van der Waals surface area (Å²) in [5.74, 6) is -1.15. The van der Waals surface area contributed by atoms with Gasteiger partial charge in [-0.2, -0.15) is 0 Å². The van der Waals surface area contributed by atoms with E-state index in [2.05, 4.69) is 5.32 Å². The van der Waals surface area contributed by atoms with Crippen molar-refractivity contribution in [3.8, 4) is 0 Å². The van der Waals surface area contributed by atoms with Crippen LogP contribution in [0.15, 0.2) is 40.8 Å². The number of rotatable bonds is 3. The van der Waals surface area contributed by atoms with E-state index in [4.69, 9.17) is 4.42 Å². The van der Waals surface area contributed by atoms with E-state index in [9.17, 15) is 13.6 Å². The van der Waals surface area contributed by atoms with E-state index >= 15 is 0 Å². The van der Waals surface area contributed by atoms with Crippen LogP contribution < -0.4 is 5.32 Å². The summed E-state index contributed by atoms with van der Waals surface area (Å²) in [5, 5.41) is 2.41. The summed E-state index contributed by atoms with van der Waals surface area (Å²) in [5.41, 5.74) is 0.184. The van der Waals surface area contributed by atoms with Crippen LogP contribution in [0.1, 0.15) is 11.5 Å². The lowest BCUT2D eigenvalue weighted by Gasteiger charge is -2.02. The molecule has 19 heavy (non-hydrogen) atoms. The summed E-state index contributed by atoms with van der Waals surface area (Å²) < 4.78 is 30.9. The number of amides is 1. The lowest BCUT2D eigenvalue weighted by atomic mass is 10.3. The van der Waals surface area contributed by atoms with Gasteiger partial charge in [0.1, 0.15) is 11.5 Å². The summed E-state index contributed by atoms with van der Waals surface area (Å²) >= 11 is 0. The summed E-state index contributed by atoms with van der Waals surface area (Å²) in [6, 6.07) is 6.63. The first-order valence-corrected chi connectivity index (χ1v) is 5.55. The number of hydrogen-bond donors (Lipinski definition) is 1.